The fraction of sp³-hybridized carbons (Fsp3) is 0.636. The molecule has 0 radical (unpaired) electrons. The maximum atomic E-state index is 4.40. The summed E-state index contributed by atoms with van der Waals surface area (Å²) in [5.74, 6) is 1.81. The molecule has 0 amide bonds. The van der Waals surface area contributed by atoms with Gasteiger partial charge in [0.25, 0.3) is 0 Å². The molecule has 1 fully saturated rings. The average molecular weight is 300 g/mol. The minimum absolute atomic E-state index is 0.463. The number of rotatable bonds is 2. The van der Waals surface area contributed by atoms with E-state index in [1.165, 1.54) is 0 Å². The molecule has 0 saturated carbocycles. The van der Waals surface area contributed by atoms with Crippen LogP contribution in [0.4, 0.5) is 11.6 Å². The first-order chi connectivity index (χ1) is 8.13. The number of hydrogen-bond donors (Lipinski definition) is 1. The molecule has 1 saturated heterocycles. The third-order valence-corrected chi connectivity index (χ3v) is 3.84. The van der Waals surface area contributed by atoms with Crippen LogP contribution in [0.5, 0.6) is 0 Å². The van der Waals surface area contributed by atoms with E-state index in [0.29, 0.717) is 6.04 Å². The van der Waals surface area contributed by atoms with Gasteiger partial charge in [0.1, 0.15) is 22.4 Å². The van der Waals surface area contributed by atoms with E-state index in [0.717, 1.165) is 35.7 Å². The molecule has 1 unspecified atom stereocenters. The van der Waals surface area contributed by atoms with Gasteiger partial charge >= 0.3 is 0 Å². The van der Waals surface area contributed by atoms with Crippen LogP contribution in [0.25, 0.3) is 0 Å². The smallest absolute Gasteiger partial charge is 0.148 e. The highest BCUT2D eigenvalue weighted by atomic mass is 79.9. The molecule has 6 heteroatoms. The Hall–Kier alpha value is -0.880. The van der Waals surface area contributed by atoms with Crippen LogP contribution in [0.2, 0.25) is 0 Å². The number of anilines is 2. The van der Waals surface area contributed by atoms with Gasteiger partial charge in [-0.2, -0.15) is 0 Å². The van der Waals surface area contributed by atoms with Gasteiger partial charge in [0.05, 0.1) is 0 Å². The van der Waals surface area contributed by atoms with Gasteiger partial charge in [-0.05, 0) is 29.9 Å². The molecule has 17 heavy (non-hydrogen) atoms. The summed E-state index contributed by atoms with van der Waals surface area (Å²) in [5.41, 5.74) is 0. The van der Waals surface area contributed by atoms with Crippen molar-refractivity contribution in [3.8, 4) is 0 Å². The maximum absolute atomic E-state index is 4.40. The fourth-order valence-corrected chi connectivity index (χ4v) is 2.82. The molecular formula is C11H18BrN5. The zero-order valence-electron chi connectivity index (χ0n) is 10.4. The molecule has 2 rings (SSSR count). The molecule has 0 spiro atoms. The summed E-state index contributed by atoms with van der Waals surface area (Å²) in [7, 11) is 4.02. The van der Waals surface area contributed by atoms with Crippen molar-refractivity contribution in [3.63, 3.8) is 0 Å². The van der Waals surface area contributed by atoms with E-state index in [1.807, 2.05) is 7.05 Å². The molecule has 1 aliphatic heterocycles. The molecular weight excluding hydrogens is 282 g/mol. The second kappa shape index (κ2) is 5.18. The number of hydrogen-bond acceptors (Lipinski definition) is 5. The number of aromatic nitrogens is 2. The van der Waals surface area contributed by atoms with Gasteiger partial charge < -0.3 is 15.1 Å². The average Bonchev–Trinajstić information content (AvgIpc) is 2.30. The van der Waals surface area contributed by atoms with Crippen LogP contribution < -0.4 is 10.2 Å². The van der Waals surface area contributed by atoms with E-state index in [-0.39, 0.29) is 0 Å². The first kappa shape index (κ1) is 12.6. The molecule has 0 bridgehead atoms. The third-order valence-electron chi connectivity index (χ3n) is 3.11. The van der Waals surface area contributed by atoms with E-state index >= 15 is 0 Å². The van der Waals surface area contributed by atoms with Crippen LogP contribution >= 0.6 is 15.9 Å². The zero-order valence-corrected chi connectivity index (χ0v) is 12.0. The summed E-state index contributed by atoms with van der Waals surface area (Å²) < 4.78 is 0.943. The highest BCUT2D eigenvalue weighted by Gasteiger charge is 2.25. The molecule has 1 aromatic heterocycles. The topological polar surface area (TPSA) is 44.3 Å². The number of likely N-dealkylation sites (N-methyl/N-ethyl adjacent to an activating group) is 1. The van der Waals surface area contributed by atoms with Crippen molar-refractivity contribution in [3.05, 3.63) is 10.8 Å². The van der Waals surface area contributed by atoms with E-state index in [4.69, 9.17) is 0 Å². The number of nitrogens with one attached hydrogen (secondary N) is 1. The third kappa shape index (κ3) is 2.52. The molecule has 1 N–H and O–H groups in total. The predicted octanol–water partition coefficient (Wildman–Crippen LogP) is 1.42. The van der Waals surface area contributed by atoms with E-state index in [2.05, 4.69) is 55.0 Å². The van der Waals surface area contributed by atoms with Gasteiger partial charge in [0.2, 0.25) is 0 Å². The fourth-order valence-electron chi connectivity index (χ4n) is 2.19. The van der Waals surface area contributed by atoms with E-state index < -0.39 is 0 Å². The Morgan fingerprint density at radius 1 is 1.41 bits per heavy atom. The lowest BCUT2D eigenvalue weighted by Crippen LogP contribution is -2.51. The number of nitrogens with zero attached hydrogens (tertiary/aromatic N) is 4. The monoisotopic (exact) mass is 299 g/mol. The lowest BCUT2D eigenvalue weighted by Gasteiger charge is -2.39. The van der Waals surface area contributed by atoms with Crippen molar-refractivity contribution in [2.24, 2.45) is 0 Å². The normalized spacial score (nSPS) is 21.6. The Kier molecular flexibility index (Phi) is 3.83. The predicted molar refractivity (Wildman–Crippen MR) is 73.6 cm³/mol. The quantitative estimate of drug-likeness (QED) is 0.895. The summed E-state index contributed by atoms with van der Waals surface area (Å²) in [6.45, 7) is 5.35. The van der Waals surface area contributed by atoms with Crippen LogP contribution in [-0.2, 0) is 0 Å². The molecule has 0 aromatic carbocycles. The minimum Gasteiger partial charge on any atom is -0.372 e. The Morgan fingerprint density at radius 3 is 2.82 bits per heavy atom. The van der Waals surface area contributed by atoms with Gasteiger partial charge in [-0.25, -0.2) is 9.97 Å². The summed E-state index contributed by atoms with van der Waals surface area (Å²) in [5, 5.41) is 3.06. The molecule has 1 aromatic rings. The van der Waals surface area contributed by atoms with Crippen molar-refractivity contribution in [2.75, 3.05) is 43.9 Å². The van der Waals surface area contributed by atoms with Gasteiger partial charge in [-0.1, -0.05) is 0 Å². The Balaban J connectivity index is 2.28. The minimum atomic E-state index is 0.463. The summed E-state index contributed by atoms with van der Waals surface area (Å²) in [4.78, 5) is 13.2. The second-order valence-electron chi connectivity index (χ2n) is 4.41. The maximum Gasteiger partial charge on any atom is 0.148 e. The SMILES string of the molecule is CNc1ncnc(N2CCN(C)CC2C)c1Br. The van der Waals surface area contributed by atoms with Crippen LogP contribution in [0.3, 0.4) is 0 Å². The van der Waals surface area contributed by atoms with Gasteiger partial charge in [-0.15, -0.1) is 0 Å². The van der Waals surface area contributed by atoms with Crippen LogP contribution in [0, 0.1) is 0 Å². The van der Waals surface area contributed by atoms with Crippen LogP contribution in [0.15, 0.2) is 10.8 Å². The van der Waals surface area contributed by atoms with Crippen molar-refractivity contribution in [1.82, 2.24) is 14.9 Å². The zero-order chi connectivity index (χ0) is 12.4. The molecule has 2 heterocycles. The summed E-state index contributed by atoms with van der Waals surface area (Å²) in [6, 6.07) is 0.463. The highest BCUT2D eigenvalue weighted by molar-refractivity contribution is 9.10. The second-order valence-corrected chi connectivity index (χ2v) is 5.21. The Labute approximate surface area is 110 Å². The van der Waals surface area contributed by atoms with Crippen LogP contribution in [-0.4, -0.2) is 54.6 Å². The molecule has 1 atom stereocenters. The summed E-state index contributed by atoms with van der Waals surface area (Å²) in [6.07, 6.45) is 1.61. The first-order valence-electron chi connectivity index (χ1n) is 5.77. The highest BCUT2D eigenvalue weighted by Crippen LogP contribution is 2.31. The lowest BCUT2D eigenvalue weighted by molar-refractivity contribution is 0.274. The van der Waals surface area contributed by atoms with Crippen molar-refractivity contribution in [1.29, 1.82) is 0 Å². The summed E-state index contributed by atoms with van der Waals surface area (Å²) >= 11 is 3.58. The van der Waals surface area contributed by atoms with Gasteiger partial charge in [0, 0.05) is 32.7 Å². The molecule has 0 aliphatic carbocycles. The first-order valence-corrected chi connectivity index (χ1v) is 6.56. The van der Waals surface area contributed by atoms with Crippen molar-refractivity contribution >= 4 is 27.6 Å². The van der Waals surface area contributed by atoms with E-state index in [1.54, 1.807) is 6.33 Å². The standard InChI is InChI=1S/C11H18BrN5/c1-8-6-16(3)4-5-17(8)11-9(12)10(13-2)14-7-15-11/h7-8H,4-6H2,1-3H3,(H,13,14,15). The Morgan fingerprint density at radius 2 is 2.18 bits per heavy atom. The lowest BCUT2D eigenvalue weighted by atomic mass is 10.2. The number of halogens is 1. The molecule has 1 aliphatic rings. The number of piperazine rings is 1. The van der Waals surface area contributed by atoms with Crippen molar-refractivity contribution in [2.45, 2.75) is 13.0 Å². The van der Waals surface area contributed by atoms with E-state index in [9.17, 15) is 0 Å². The van der Waals surface area contributed by atoms with Gasteiger partial charge in [0.15, 0.2) is 0 Å². The van der Waals surface area contributed by atoms with Gasteiger partial charge in [-0.3, -0.25) is 0 Å². The van der Waals surface area contributed by atoms with Crippen LogP contribution in [0.1, 0.15) is 6.92 Å². The molecule has 94 valence electrons. The molecule has 5 nitrogen and oxygen atoms in total. The van der Waals surface area contributed by atoms with Crippen molar-refractivity contribution < 1.29 is 0 Å². The largest absolute Gasteiger partial charge is 0.372 e. The Bertz CT molecular complexity index is 397.